The van der Waals surface area contributed by atoms with Crippen molar-refractivity contribution in [2.45, 2.75) is 32.2 Å². The number of methoxy groups -OCH3 is 1. The molecule has 0 saturated carbocycles. The van der Waals surface area contributed by atoms with Crippen molar-refractivity contribution in [3.05, 3.63) is 50.9 Å². The van der Waals surface area contributed by atoms with E-state index in [-0.39, 0.29) is 18.6 Å². The third-order valence-corrected chi connectivity index (χ3v) is 4.38. The van der Waals surface area contributed by atoms with Gasteiger partial charge < -0.3 is 10.5 Å². The number of nitrogens with zero attached hydrogens (tertiary/aromatic N) is 1. The number of ether oxygens (including phenoxy) is 1. The highest BCUT2D eigenvalue weighted by molar-refractivity contribution is 9.10. The number of Topliss-reactive ketones (excluding diaryl/α,β-unsaturated/α-hetero) is 1. The van der Waals surface area contributed by atoms with Gasteiger partial charge in [0.05, 0.1) is 18.3 Å². The van der Waals surface area contributed by atoms with Crippen molar-refractivity contribution in [2.24, 2.45) is 5.73 Å². The highest BCUT2D eigenvalue weighted by atomic mass is 79.9. The standard InChI is InChI=1S/C15H15BrN2O3S.C2H6/c1-21-14(20)7-11(19)8-15(17,10-5-6-22-9-10)12-3-2-4-13(16)18-12;1-2/h2-6,9H,7-8,17H2,1H3;1-2H3. The summed E-state index contributed by atoms with van der Waals surface area (Å²) >= 11 is 4.80. The van der Waals surface area contributed by atoms with E-state index in [1.165, 1.54) is 18.4 Å². The molecule has 0 aromatic carbocycles. The summed E-state index contributed by atoms with van der Waals surface area (Å²) in [6.45, 7) is 4.00. The number of halogens is 1. The summed E-state index contributed by atoms with van der Waals surface area (Å²) in [5, 5.41) is 3.77. The molecule has 0 aliphatic carbocycles. The lowest BCUT2D eigenvalue weighted by Gasteiger charge is -2.28. The smallest absolute Gasteiger partial charge is 0.313 e. The van der Waals surface area contributed by atoms with E-state index in [2.05, 4.69) is 25.7 Å². The van der Waals surface area contributed by atoms with E-state index in [0.717, 1.165) is 5.56 Å². The maximum Gasteiger partial charge on any atom is 0.313 e. The molecule has 2 aromatic rings. The van der Waals surface area contributed by atoms with Crippen molar-refractivity contribution >= 4 is 39.0 Å². The van der Waals surface area contributed by atoms with E-state index in [9.17, 15) is 9.59 Å². The lowest BCUT2D eigenvalue weighted by molar-refractivity contribution is -0.143. The molecule has 0 amide bonds. The van der Waals surface area contributed by atoms with E-state index >= 15 is 0 Å². The first kappa shape index (κ1) is 20.5. The number of pyridine rings is 1. The number of carbonyl (C=O) groups excluding carboxylic acids is 2. The summed E-state index contributed by atoms with van der Waals surface area (Å²) in [4.78, 5) is 27.8. The zero-order chi connectivity index (χ0) is 18.2. The van der Waals surface area contributed by atoms with Crippen molar-refractivity contribution in [3.8, 4) is 0 Å². The minimum atomic E-state index is -1.07. The number of rotatable bonds is 6. The zero-order valence-electron chi connectivity index (χ0n) is 13.9. The average Bonchev–Trinajstić information content (AvgIpc) is 3.11. The molecular weight excluding hydrogens is 392 g/mol. The number of aromatic nitrogens is 1. The quantitative estimate of drug-likeness (QED) is 0.444. The number of ketones is 1. The van der Waals surface area contributed by atoms with Gasteiger partial charge in [-0.2, -0.15) is 11.3 Å². The van der Waals surface area contributed by atoms with Gasteiger partial charge in [-0.25, -0.2) is 4.98 Å². The summed E-state index contributed by atoms with van der Waals surface area (Å²) < 4.78 is 5.16. The summed E-state index contributed by atoms with van der Waals surface area (Å²) in [5.74, 6) is -0.859. The van der Waals surface area contributed by atoms with Crippen LogP contribution < -0.4 is 5.73 Å². The maximum absolute atomic E-state index is 12.2. The van der Waals surface area contributed by atoms with Crippen LogP contribution in [0.2, 0.25) is 0 Å². The fourth-order valence-corrected chi connectivity index (χ4v) is 3.21. The fraction of sp³-hybridized carbons (Fsp3) is 0.353. The van der Waals surface area contributed by atoms with Gasteiger partial charge in [-0.1, -0.05) is 19.9 Å². The Balaban J connectivity index is 0.00000139. The maximum atomic E-state index is 12.2. The van der Waals surface area contributed by atoms with Crippen LogP contribution in [-0.4, -0.2) is 23.8 Å². The predicted octanol–water partition coefficient (Wildman–Crippen LogP) is 3.66. The number of hydrogen-bond donors (Lipinski definition) is 1. The molecular formula is C17H21BrN2O3S. The molecule has 0 bridgehead atoms. The Morgan fingerprint density at radius 3 is 2.58 bits per heavy atom. The molecule has 0 radical (unpaired) electrons. The summed E-state index contributed by atoms with van der Waals surface area (Å²) in [6, 6.07) is 7.23. The summed E-state index contributed by atoms with van der Waals surface area (Å²) in [5.41, 5.74) is 6.81. The molecule has 0 spiro atoms. The molecule has 2 rings (SSSR count). The minimum absolute atomic E-state index is 0.0255. The van der Waals surface area contributed by atoms with Crippen molar-refractivity contribution in [2.75, 3.05) is 7.11 Å². The van der Waals surface area contributed by atoms with Crippen LogP contribution in [0, 0.1) is 0 Å². The van der Waals surface area contributed by atoms with Crippen molar-refractivity contribution in [1.82, 2.24) is 4.98 Å². The summed E-state index contributed by atoms with van der Waals surface area (Å²) in [7, 11) is 1.25. The van der Waals surface area contributed by atoms with E-state index in [0.29, 0.717) is 10.3 Å². The minimum Gasteiger partial charge on any atom is -0.469 e. The van der Waals surface area contributed by atoms with Gasteiger partial charge in [-0.05, 0) is 50.5 Å². The molecule has 130 valence electrons. The molecule has 2 N–H and O–H groups in total. The molecule has 24 heavy (non-hydrogen) atoms. The number of nitrogens with two attached hydrogens (primary N) is 1. The molecule has 0 saturated heterocycles. The Morgan fingerprint density at radius 1 is 1.33 bits per heavy atom. The molecule has 0 aliphatic rings. The second-order valence-corrected chi connectivity index (χ2v) is 6.39. The first-order chi connectivity index (χ1) is 11.5. The van der Waals surface area contributed by atoms with Crippen LogP contribution in [0.15, 0.2) is 39.6 Å². The van der Waals surface area contributed by atoms with Gasteiger partial charge in [-0.15, -0.1) is 0 Å². The van der Waals surface area contributed by atoms with Crippen LogP contribution in [0.1, 0.15) is 37.9 Å². The van der Waals surface area contributed by atoms with Gasteiger partial charge in [-0.3, -0.25) is 9.59 Å². The lowest BCUT2D eigenvalue weighted by Crippen LogP contribution is -2.41. The molecule has 0 aliphatic heterocycles. The molecule has 2 heterocycles. The van der Waals surface area contributed by atoms with Crippen LogP contribution in [0.3, 0.4) is 0 Å². The number of thiophene rings is 1. The molecule has 0 fully saturated rings. The average molecular weight is 413 g/mol. The molecule has 1 unspecified atom stereocenters. The fourth-order valence-electron chi connectivity index (χ4n) is 2.12. The van der Waals surface area contributed by atoms with Gasteiger partial charge in [0.2, 0.25) is 0 Å². The highest BCUT2D eigenvalue weighted by Crippen LogP contribution is 2.32. The van der Waals surface area contributed by atoms with Gasteiger partial charge >= 0.3 is 5.97 Å². The third-order valence-electron chi connectivity index (χ3n) is 3.25. The van der Waals surface area contributed by atoms with Crippen molar-refractivity contribution < 1.29 is 14.3 Å². The molecule has 1 atom stereocenters. The second-order valence-electron chi connectivity index (χ2n) is 4.80. The Labute approximate surface area is 154 Å². The van der Waals surface area contributed by atoms with Gasteiger partial charge in [0.25, 0.3) is 0 Å². The lowest BCUT2D eigenvalue weighted by atomic mass is 9.83. The van der Waals surface area contributed by atoms with Crippen LogP contribution in [0.4, 0.5) is 0 Å². The SMILES string of the molecule is CC.COC(=O)CC(=O)CC(N)(c1ccsc1)c1cccc(Br)n1. The zero-order valence-corrected chi connectivity index (χ0v) is 16.3. The number of esters is 1. The second kappa shape index (κ2) is 9.66. The Hall–Kier alpha value is -1.57. The summed E-state index contributed by atoms with van der Waals surface area (Å²) in [6.07, 6.45) is -0.324. The first-order valence-electron chi connectivity index (χ1n) is 7.49. The number of hydrogen-bond acceptors (Lipinski definition) is 6. The van der Waals surface area contributed by atoms with Crippen LogP contribution in [0.25, 0.3) is 0 Å². The van der Waals surface area contributed by atoms with Crippen molar-refractivity contribution in [3.63, 3.8) is 0 Å². The Kier molecular flexibility index (Phi) is 8.24. The van der Waals surface area contributed by atoms with E-state index < -0.39 is 11.5 Å². The number of carbonyl (C=O) groups is 2. The van der Waals surface area contributed by atoms with Crippen LogP contribution in [-0.2, 0) is 19.9 Å². The highest BCUT2D eigenvalue weighted by Gasteiger charge is 2.34. The first-order valence-corrected chi connectivity index (χ1v) is 9.22. The monoisotopic (exact) mass is 412 g/mol. The van der Waals surface area contributed by atoms with Gasteiger partial charge in [0, 0.05) is 6.42 Å². The van der Waals surface area contributed by atoms with Gasteiger partial charge in [0.1, 0.15) is 16.8 Å². The van der Waals surface area contributed by atoms with Crippen LogP contribution >= 0.6 is 27.3 Å². The topological polar surface area (TPSA) is 82.3 Å². The normalized spacial score (nSPS) is 12.5. The molecule has 2 aromatic heterocycles. The van der Waals surface area contributed by atoms with E-state index in [1.807, 2.05) is 36.7 Å². The molecule has 5 nitrogen and oxygen atoms in total. The van der Waals surface area contributed by atoms with E-state index in [4.69, 9.17) is 5.73 Å². The molecule has 7 heteroatoms. The van der Waals surface area contributed by atoms with Gasteiger partial charge in [0.15, 0.2) is 0 Å². The third kappa shape index (κ3) is 5.22. The Morgan fingerprint density at radius 2 is 2.04 bits per heavy atom. The Bertz CT molecular complexity index is 676. The predicted molar refractivity (Wildman–Crippen MR) is 98.8 cm³/mol. The van der Waals surface area contributed by atoms with E-state index in [1.54, 1.807) is 12.1 Å². The van der Waals surface area contributed by atoms with Crippen LogP contribution in [0.5, 0.6) is 0 Å². The van der Waals surface area contributed by atoms with Crippen molar-refractivity contribution in [1.29, 1.82) is 0 Å². The largest absolute Gasteiger partial charge is 0.469 e.